The van der Waals surface area contributed by atoms with Gasteiger partial charge in [0.1, 0.15) is 36.5 Å². The van der Waals surface area contributed by atoms with E-state index < -0.39 is 59.4 Å². The summed E-state index contributed by atoms with van der Waals surface area (Å²) < 4.78 is 24.4. The van der Waals surface area contributed by atoms with Gasteiger partial charge in [-0.3, -0.25) is 19.3 Å². The quantitative estimate of drug-likeness (QED) is 0.0693. The maximum atomic E-state index is 16.4. The van der Waals surface area contributed by atoms with Gasteiger partial charge in [0.15, 0.2) is 5.13 Å². The predicted molar refractivity (Wildman–Crippen MR) is 241 cm³/mol. The van der Waals surface area contributed by atoms with E-state index in [1.807, 2.05) is 89.8 Å². The first-order valence-electron chi connectivity index (χ1n) is 21.1. The number of aromatic nitrogens is 1. The summed E-state index contributed by atoms with van der Waals surface area (Å²) in [5.74, 6) is 2.32. The van der Waals surface area contributed by atoms with Gasteiger partial charge in [-0.25, -0.2) is 14.7 Å². The molecule has 0 bridgehead atoms. The number of aliphatic hydroxyl groups is 2. The Bertz CT molecular complexity index is 2780. The number of amides is 3. The van der Waals surface area contributed by atoms with Crippen LogP contribution in [0.25, 0.3) is 10.2 Å². The molecule has 1 aromatic heterocycles. The van der Waals surface area contributed by atoms with Crippen molar-refractivity contribution in [1.29, 1.82) is 0 Å². The number of cyclic esters (lactones) is 1. The molecular weight excluding hydrogens is 849 g/mol. The Morgan fingerprint density at radius 1 is 0.846 bits per heavy atom. The number of rotatable bonds is 12. The Morgan fingerprint density at radius 3 is 2.31 bits per heavy atom. The molecule has 3 amide bonds. The molecule has 1 spiro atoms. The standard InChI is InChI=1S/C50H44N4O10S/c1-61-28-29-63-49(60)53-37-24-23-31(14-12-13-25-55)30-35(37)50(47(53)59)40(45(57)52-48-51-36-20-9-11-22-39(36)65-48)42-46(58)64-43(33-17-6-3-7-18-33)41(32-15-4-2-5-16-32)54(42)44(50)34-19-8-10-21-38(34)62-27-26-56/h2-11,15-24,30,40-44,55-56H,13,25-29H2,1H3,(H,51,52,57)/t40-,41-,42-,43+,44+,50-/m1/s1. The first kappa shape index (κ1) is 43.3. The van der Waals surface area contributed by atoms with Gasteiger partial charge in [-0.05, 0) is 53.1 Å². The number of hydrogen-bond acceptors (Lipinski definition) is 13. The van der Waals surface area contributed by atoms with Crippen molar-refractivity contribution in [1.82, 2.24) is 9.88 Å². The molecule has 6 aromatic rings. The van der Waals surface area contributed by atoms with Gasteiger partial charge in [0.05, 0.1) is 53.7 Å². The van der Waals surface area contributed by atoms with Gasteiger partial charge in [0.2, 0.25) is 11.8 Å². The van der Waals surface area contributed by atoms with E-state index in [9.17, 15) is 15.0 Å². The van der Waals surface area contributed by atoms with E-state index in [0.717, 1.165) is 9.60 Å². The monoisotopic (exact) mass is 892 g/mol. The minimum Gasteiger partial charge on any atom is -0.491 e. The van der Waals surface area contributed by atoms with Crippen LogP contribution in [0, 0.1) is 17.8 Å². The summed E-state index contributed by atoms with van der Waals surface area (Å²) in [6.45, 7) is -0.796. The summed E-state index contributed by atoms with van der Waals surface area (Å²) in [7, 11) is 1.45. The molecule has 0 unspecified atom stereocenters. The number of carbonyl (C=O) groups is 4. The molecule has 3 aliphatic heterocycles. The number of anilines is 2. The van der Waals surface area contributed by atoms with Crippen LogP contribution in [0.2, 0.25) is 0 Å². The van der Waals surface area contributed by atoms with Crippen molar-refractivity contribution in [2.75, 3.05) is 50.4 Å². The van der Waals surface area contributed by atoms with Gasteiger partial charge in [-0.15, -0.1) is 0 Å². The molecule has 15 heteroatoms. The minimum absolute atomic E-state index is 0.0396. The molecule has 5 aromatic carbocycles. The molecule has 3 aliphatic rings. The average molecular weight is 893 g/mol. The van der Waals surface area contributed by atoms with Crippen LogP contribution in [0.4, 0.5) is 15.6 Å². The highest BCUT2D eigenvalue weighted by molar-refractivity contribution is 7.22. The summed E-state index contributed by atoms with van der Waals surface area (Å²) in [4.78, 5) is 69.5. The normalized spacial score (nSPS) is 22.2. The van der Waals surface area contributed by atoms with Gasteiger partial charge < -0.3 is 34.5 Å². The molecule has 3 N–H and O–H groups in total. The Hall–Kier alpha value is -6.93. The van der Waals surface area contributed by atoms with Gasteiger partial charge >= 0.3 is 12.1 Å². The fraction of sp³-hybridized carbons (Fsp3) is 0.260. The van der Waals surface area contributed by atoms with E-state index in [0.29, 0.717) is 27.8 Å². The van der Waals surface area contributed by atoms with E-state index in [2.05, 4.69) is 17.2 Å². The second-order valence-corrected chi connectivity index (χ2v) is 16.6. The van der Waals surface area contributed by atoms with Crippen molar-refractivity contribution >= 4 is 56.2 Å². The molecule has 65 heavy (non-hydrogen) atoms. The van der Waals surface area contributed by atoms with Gasteiger partial charge in [-0.2, -0.15) is 0 Å². The second-order valence-electron chi connectivity index (χ2n) is 15.6. The molecule has 2 fully saturated rings. The molecule has 0 saturated carbocycles. The third-order valence-electron chi connectivity index (χ3n) is 12.0. The van der Waals surface area contributed by atoms with Crippen LogP contribution in [0.1, 0.15) is 52.4 Å². The van der Waals surface area contributed by atoms with E-state index in [1.54, 1.807) is 42.5 Å². The summed E-state index contributed by atoms with van der Waals surface area (Å²) in [5.41, 5.74) is 1.03. The van der Waals surface area contributed by atoms with Gasteiger partial charge in [0.25, 0.3) is 0 Å². The number of imide groups is 1. The number of nitrogens with zero attached hydrogens (tertiary/aromatic N) is 3. The molecular formula is C50H44N4O10S. The Balaban J connectivity index is 1.38. The third kappa shape index (κ3) is 7.69. The number of hydrogen-bond donors (Lipinski definition) is 3. The van der Waals surface area contributed by atoms with E-state index in [4.69, 9.17) is 23.9 Å². The number of aliphatic hydroxyl groups excluding tert-OH is 2. The van der Waals surface area contributed by atoms with Crippen molar-refractivity contribution in [3.05, 3.63) is 155 Å². The van der Waals surface area contributed by atoms with Crippen LogP contribution in [0.15, 0.2) is 127 Å². The number of thiazole rings is 1. The lowest BCUT2D eigenvalue weighted by atomic mass is 9.65. The Morgan fingerprint density at radius 2 is 1.57 bits per heavy atom. The minimum atomic E-state index is -2.13. The lowest BCUT2D eigenvalue weighted by molar-refractivity contribution is -0.177. The van der Waals surface area contributed by atoms with E-state index >= 15 is 14.4 Å². The first-order valence-corrected chi connectivity index (χ1v) is 21.9. The number of nitrogens with one attached hydrogen (secondary N) is 1. The lowest BCUT2D eigenvalue weighted by Gasteiger charge is -2.46. The van der Waals surface area contributed by atoms with Crippen LogP contribution >= 0.6 is 11.3 Å². The largest absolute Gasteiger partial charge is 0.491 e. The molecule has 4 heterocycles. The maximum Gasteiger partial charge on any atom is 0.421 e. The van der Waals surface area contributed by atoms with Crippen molar-refractivity contribution in [2.45, 2.75) is 36.1 Å². The van der Waals surface area contributed by atoms with E-state index in [1.165, 1.54) is 18.4 Å². The number of morpholine rings is 1. The van der Waals surface area contributed by atoms with E-state index in [-0.39, 0.29) is 61.6 Å². The Kier molecular flexibility index (Phi) is 12.4. The first-order chi connectivity index (χ1) is 31.8. The second kappa shape index (κ2) is 18.7. The molecule has 9 rings (SSSR count). The summed E-state index contributed by atoms with van der Waals surface area (Å²) in [6, 6.07) is 34.3. The summed E-state index contributed by atoms with van der Waals surface area (Å²) in [6.07, 6.45) is -1.82. The molecule has 6 atom stereocenters. The molecule has 330 valence electrons. The van der Waals surface area contributed by atoms with Crippen molar-refractivity contribution in [3.8, 4) is 17.6 Å². The molecule has 14 nitrogen and oxygen atoms in total. The highest BCUT2D eigenvalue weighted by Crippen LogP contribution is 2.66. The smallest absolute Gasteiger partial charge is 0.421 e. The molecule has 2 saturated heterocycles. The predicted octanol–water partition coefficient (Wildman–Crippen LogP) is 6.49. The summed E-state index contributed by atoms with van der Waals surface area (Å²) >= 11 is 1.23. The highest BCUT2D eigenvalue weighted by Gasteiger charge is 2.76. The Labute approximate surface area is 378 Å². The average Bonchev–Trinajstić information content (AvgIpc) is 3.97. The topological polar surface area (TPSA) is 177 Å². The van der Waals surface area contributed by atoms with Crippen LogP contribution in [-0.4, -0.2) is 90.2 Å². The van der Waals surface area contributed by atoms with Crippen molar-refractivity contribution in [3.63, 3.8) is 0 Å². The number of benzene rings is 5. The fourth-order valence-corrected chi connectivity index (χ4v) is 10.4. The number of para-hydroxylation sites is 2. The molecule has 0 radical (unpaired) electrons. The third-order valence-corrected chi connectivity index (χ3v) is 12.9. The van der Waals surface area contributed by atoms with Crippen molar-refractivity contribution < 1.29 is 48.3 Å². The van der Waals surface area contributed by atoms with Gasteiger partial charge in [-0.1, -0.05) is 114 Å². The zero-order valence-corrected chi connectivity index (χ0v) is 36.0. The highest BCUT2D eigenvalue weighted by atomic mass is 32.1. The number of fused-ring (bicyclic) bond motifs is 4. The fourth-order valence-electron chi connectivity index (χ4n) is 9.54. The number of methoxy groups -OCH3 is 1. The summed E-state index contributed by atoms with van der Waals surface area (Å²) in [5, 5.41) is 22.9. The number of carbonyl (C=O) groups excluding carboxylic acids is 4. The molecule has 0 aliphatic carbocycles. The van der Waals surface area contributed by atoms with Crippen LogP contribution < -0.4 is 15.0 Å². The van der Waals surface area contributed by atoms with Crippen LogP contribution in [0.3, 0.4) is 0 Å². The van der Waals surface area contributed by atoms with Crippen LogP contribution in [0.5, 0.6) is 5.75 Å². The lowest BCUT2D eigenvalue weighted by Crippen LogP contribution is -2.54. The zero-order valence-electron chi connectivity index (χ0n) is 35.2. The van der Waals surface area contributed by atoms with Crippen LogP contribution in [-0.2, 0) is 34.0 Å². The number of ether oxygens (including phenoxy) is 4. The SMILES string of the molecule is COCCOC(=O)N1C(=O)[C@@]2(c3cc(C#CCCO)ccc31)[C@H](c1ccccc1OCCO)N1[C@H](c3ccccc3)[C@H](c3ccccc3)OC(=O)[C@H]1[C@@H]2C(=O)Nc1nc2ccccc2s1. The maximum absolute atomic E-state index is 16.4. The number of esters is 1. The van der Waals surface area contributed by atoms with Gasteiger partial charge in [0, 0.05) is 24.7 Å². The zero-order chi connectivity index (χ0) is 45.1. The van der Waals surface area contributed by atoms with Crippen molar-refractivity contribution in [2.24, 2.45) is 5.92 Å².